The standard InChI is InChI=1S/C14H27N3O4/c1-8(2)7-14(4,5)13(21)17-9(3)16-12(20)10(15)6-11(18)19/h8-10H,6-7,15H2,1-5H3,(H,16,20)(H,17,21)(H,18,19)/t9-,10-/m0/s1. The molecule has 0 radical (unpaired) electrons. The molecule has 0 aliphatic carbocycles. The van der Waals surface area contributed by atoms with E-state index in [1.165, 1.54) is 0 Å². The molecule has 0 aliphatic heterocycles. The van der Waals surface area contributed by atoms with E-state index in [0.717, 1.165) is 6.42 Å². The maximum atomic E-state index is 12.2. The second-order valence-corrected chi connectivity index (χ2v) is 6.39. The first-order valence-corrected chi connectivity index (χ1v) is 7.04. The average molecular weight is 301 g/mol. The van der Waals surface area contributed by atoms with E-state index in [4.69, 9.17) is 10.8 Å². The van der Waals surface area contributed by atoms with Gasteiger partial charge in [0.2, 0.25) is 11.8 Å². The summed E-state index contributed by atoms with van der Waals surface area (Å²) in [5.41, 5.74) is 4.90. The lowest BCUT2D eigenvalue weighted by atomic mass is 9.83. The normalized spacial score (nSPS) is 14.4. The zero-order chi connectivity index (χ0) is 16.8. The van der Waals surface area contributed by atoms with Gasteiger partial charge in [-0.15, -0.1) is 0 Å². The molecule has 0 unspecified atom stereocenters. The zero-order valence-electron chi connectivity index (χ0n) is 13.4. The number of nitrogens with two attached hydrogens (primary N) is 1. The van der Waals surface area contributed by atoms with Crippen molar-refractivity contribution in [2.24, 2.45) is 17.1 Å². The molecule has 0 bridgehead atoms. The average Bonchev–Trinajstić information content (AvgIpc) is 2.25. The summed E-state index contributed by atoms with van der Waals surface area (Å²) >= 11 is 0. The predicted molar refractivity (Wildman–Crippen MR) is 79.2 cm³/mol. The third-order valence-electron chi connectivity index (χ3n) is 2.97. The second-order valence-electron chi connectivity index (χ2n) is 6.39. The minimum Gasteiger partial charge on any atom is -0.481 e. The topological polar surface area (TPSA) is 122 Å². The van der Waals surface area contributed by atoms with Crippen molar-refractivity contribution in [1.82, 2.24) is 10.6 Å². The Labute approximate surface area is 125 Å². The van der Waals surface area contributed by atoms with Gasteiger partial charge in [-0.3, -0.25) is 14.4 Å². The fraction of sp³-hybridized carbons (Fsp3) is 0.786. The summed E-state index contributed by atoms with van der Waals surface area (Å²) in [6.07, 6.45) is -0.347. The van der Waals surface area contributed by atoms with Crippen molar-refractivity contribution >= 4 is 17.8 Å². The van der Waals surface area contributed by atoms with Gasteiger partial charge in [0, 0.05) is 5.41 Å². The summed E-state index contributed by atoms with van der Waals surface area (Å²) in [7, 11) is 0. The molecule has 0 aromatic heterocycles. The number of hydrogen-bond acceptors (Lipinski definition) is 4. The van der Waals surface area contributed by atoms with Crippen LogP contribution >= 0.6 is 0 Å². The molecule has 0 aromatic carbocycles. The summed E-state index contributed by atoms with van der Waals surface area (Å²) in [6.45, 7) is 9.35. The first-order chi connectivity index (χ1) is 9.45. The van der Waals surface area contributed by atoms with Gasteiger partial charge in [0.05, 0.1) is 18.6 Å². The predicted octanol–water partition coefficient (Wildman–Crippen LogP) is 0.439. The second kappa shape index (κ2) is 7.97. The van der Waals surface area contributed by atoms with Crippen molar-refractivity contribution in [3.05, 3.63) is 0 Å². The number of carboxylic acids is 1. The molecule has 2 atom stereocenters. The van der Waals surface area contributed by atoms with Crippen LogP contribution in [0.5, 0.6) is 0 Å². The van der Waals surface area contributed by atoms with Crippen LogP contribution in [0.2, 0.25) is 0 Å². The van der Waals surface area contributed by atoms with Crippen molar-refractivity contribution in [3.63, 3.8) is 0 Å². The van der Waals surface area contributed by atoms with Crippen LogP contribution in [0.25, 0.3) is 0 Å². The number of nitrogens with one attached hydrogen (secondary N) is 2. The van der Waals surface area contributed by atoms with E-state index in [-0.39, 0.29) is 5.91 Å². The Morgan fingerprint density at radius 1 is 1.14 bits per heavy atom. The van der Waals surface area contributed by atoms with Gasteiger partial charge in [-0.1, -0.05) is 27.7 Å². The number of hydrogen-bond donors (Lipinski definition) is 4. The number of carbonyl (C=O) groups excluding carboxylic acids is 2. The van der Waals surface area contributed by atoms with Crippen molar-refractivity contribution in [2.75, 3.05) is 0 Å². The lowest BCUT2D eigenvalue weighted by molar-refractivity contribution is -0.140. The Morgan fingerprint density at radius 2 is 1.67 bits per heavy atom. The fourth-order valence-corrected chi connectivity index (χ4v) is 2.14. The lowest BCUT2D eigenvalue weighted by Gasteiger charge is -2.28. The molecule has 7 heteroatoms. The highest BCUT2D eigenvalue weighted by atomic mass is 16.4. The third kappa shape index (κ3) is 7.65. The maximum Gasteiger partial charge on any atom is 0.305 e. The highest BCUT2D eigenvalue weighted by molar-refractivity contribution is 5.87. The summed E-state index contributed by atoms with van der Waals surface area (Å²) in [6, 6.07) is -1.13. The van der Waals surface area contributed by atoms with E-state index in [9.17, 15) is 14.4 Å². The van der Waals surface area contributed by atoms with Gasteiger partial charge in [0.15, 0.2) is 0 Å². The van der Waals surface area contributed by atoms with Crippen molar-refractivity contribution in [2.45, 2.75) is 59.7 Å². The Bertz CT molecular complexity index is 394. The molecule has 0 fully saturated rings. The first-order valence-electron chi connectivity index (χ1n) is 7.04. The largest absolute Gasteiger partial charge is 0.481 e. The number of amides is 2. The molecular formula is C14H27N3O4. The molecule has 0 aliphatic rings. The van der Waals surface area contributed by atoms with Gasteiger partial charge in [0.25, 0.3) is 0 Å². The summed E-state index contributed by atoms with van der Waals surface area (Å²) in [5, 5.41) is 13.7. The maximum absolute atomic E-state index is 12.2. The minimum atomic E-state index is -1.15. The molecule has 7 nitrogen and oxygen atoms in total. The van der Waals surface area contributed by atoms with Gasteiger partial charge in [-0.05, 0) is 19.3 Å². The van der Waals surface area contributed by atoms with E-state index in [2.05, 4.69) is 10.6 Å². The molecule has 2 amide bonds. The Morgan fingerprint density at radius 3 is 2.10 bits per heavy atom. The van der Waals surface area contributed by atoms with Gasteiger partial charge in [-0.2, -0.15) is 0 Å². The van der Waals surface area contributed by atoms with Gasteiger partial charge in [-0.25, -0.2) is 0 Å². The van der Waals surface area contributed by atoms with Crippen molar-refractivity contribution in [1.29, 1.82) is 0 Å². The number of carbonyl (C=O) groups is 3. The van der Waals surface area contributed by atoms with Crippen LogP contribution in [-0.4, -0.2) is 35.1 Å². The molecule has 0 saturated carbocycles. The molecule has 5 N–H and O–H groups in total. The van der Waals surface area contributed by atoms with Crippen LogP contribution in [0.4, 0.5) is 0 Å². The van der Waals surface area contributed by atoms with Gasteiger partial charge in [0.1, 0.15) is 0 Å². The number of carboxylic acid groups (broad SMARTS) is 1. The highest BCUT2D eigenvalue weighted by Crippen LogP contribution is 2.25. The number of aliphatic carboxylic acids is 1. The van der Waals surface area contributed by atoms with Crippen molar-refractivity contribution in [3.8, 4) is 0 Å². The molecule has 21 heavy (non-hydrogen) atoms. The molecule has 0 heterocycles. The lowest BCUT2D eigenvalue weighted by Crippen LogP contribution is -2.53. The van der Waals surface area contributed by atoms with Gasteiger partial charge < -0.3 is 21.5 Å². The summed E-state index contributed by atoms with van der Waals surface area (Å²) in [5.74, 6) is -1.55. The number of rotatable bonds is 8. The van der Waals surface area contributed by atoms with E-state index < -0.39 is 35.9 Å². The summed E-state index contributed by atoms with van der Waals surface area (Å²) in [4.78, 5) is 34.3. The first kappa shape index (κ1) is 19.4. The van der Waals surface area contributed by atoms with Crippen molar-refractivity contribution < 1.29 is 19.5 Å². The Balaban J connectivity index is 4.43. The van der Waals surface area contributed by atoms with Gasteiger partial charge >= 0.3 is 5.97 Å². The molecular weight excluding hydrogens is 274 g/mol. The van der Waals surface area contributed by atoms with E-state index in [1.807, 2.05) is 27.7 Å². The Hall–Kier alpha value is -1.63. The van der Waals surface area contributed by atoms with E-state index in [0.29, 0.717) is 5.92 Å². The zero-order valence-corrected chi connectivity index (χ0v) is 13.4. The van der Waals surface area contributed by atoms with E-state index in [1.54, 1.807) is 6.92 Å². The molecule has 122 valence electrons. The van der Waals surface area contributed by atoms with Crippen LogP contribution in [0.1, 0.15) is 47.5 Å². The van der Waals surface area contributed by atoms with Crippen LogP contribution in [0.3, 0.4) is 0 Å². The Kier molecular flexibility index (Phi) is 7.35. The smallest absolute Gasteiger partial charge is 0.305 e. The third-order valence-corrected chi connectivity index (χ3v) is 2.97. The van der Waals surface area contributed by atoms with Crippen LogP contribution in [-0.2, 0) is 14.4 Å². The quantitative estimate of drug-likeness (QED) is 0.485. The molecule has 0 saturated heterocycles. The fourth-order valence-electron chi connectivity index (χ4n) is 2.14. The van der Waals surface area contributed by atoms with Crippen LogP contribution < -0.4 is 16.4 Å². The van der Waals surface area contributed by atoms with E-state index >= 15 is 0 Å². The summed E-state index contributed by atoms with van der Waals surface area (Å²) < 4.78 is 0. The molecule has 0 spiro atoms. The highest BCUT2D eigenvalue weighted by Gasteiger charge is 2.29. The SMILES string of the molecule is CC(C)CC(C)(C)C(=O)N[C@@H](C)NC(=O)[C@@H](N)CC(=O)O. The minimum absolute atomic E-state index is 0.171. The molecule has 0 rings (SSSR count). The van der Waals surface area contributed by atoms with Crippen LogP contribution in [0.15, 0.2) is 0 Å². The van der Waals surface area contributed by atoms with Crippen LogP contribution in [0, 0.1) is 11.3 Å². The monoisotopic (exact) mass is 301 g/mol. The molecule has 0 aromatic rings.